The highest BCUT2D eigenvalue weighted by atomic mass is 16.7. The molecule has 0 spiro atoms. The van der Waals surface area contributed by atoms with Crippen LogP contribution < -0.4 is 0 Å². The zero-order valence-corrected chi connectivity index (χ0v) is 14.8. The second-order valence-corrected chi connectivity index (χ2v) is 6.37. The summed E-state index contributed by atoms with van der Waals surface area (Å²) in [4.78, 5) is 2.60. The van der Waals surface area contributed by atoms with E-state index in [1.165, 1.54) is 6.08 Å². The number of ether oxygens (including phenoxy) is 4. The van der Waals surface area contributed by atoms with Gasteiger partial charge in [0.2, 0.25) is 0 Å². The Labute approximate surface area is 160 Å². The minimum absolute atomic E-state index is 0.0191. The number of aliphatic hydroxyl groups is 6. The maximum Gasteiger partial charge on any atom is 0.186 e. The number of nitrogens with zero attached hydrogens (tertiary/aromatic N) is 3. The lowest BCUT2D eigenvalue weighted by atomic mass is 9.97. The number of aliphatic hydroxyl groups excluding tert-OH is 6. The van der Waals surface area contributed by atoms with Crippen LogP contribution in [0.2, 0.25) is 0 Å². The summed E-state index contributed by atoms with van der Waals surface area (Å²) in [7, 11) is 0. The minimum atomic E-state index is -1.63. The summed E-state index contributed by atoms with van der Waals surface area (Å²) in [5, 5.41) is 62.5. The Bertz CT molecular complexity index is 560. The van der Waals surface area contributed by atoms with Crippen molar-refractivity contribution in [2.75, 3.05) is 19.8 Å². The number of hydrogen-bond acceptors (Lipinski definition) is 11. The normalized spacial score (nSPS) is 43.9. The van der Waals surface area contributed by atoms with Crippen molar-refractivity contribution in [1.29, 1.82) is 0 Å². The highest BCUT2D eigenvalue weighted by molar-refractivity contribution is 4.95. The summed E-state index contributed by atoms with van der Waals surface area (Å²) in [5.74, 6) is 0. The zero-order valence-electron chi connectivity index (χ0n) is 14.8. The van der Waals surface area contributed by atoms with Crippen LogP contribution in [0, 0.1) is 0 Å². The molecule has 0 aromatic rings. The molecule has 2 aliphatic heterocycles. The molecule has 6 N–H and O–H groups in total. The fraction of sp³-hybridized carbons (Fsp3) is 0.867. The summed E-state index contributed by atoms with van der Waals surface area (Å²) < 4.78 is 21.3. The summed E-state index contributed by atoms with van der Waals surface area (Å²) in [6, 6.07) is -1.22. The van der Waals surface area contributed by atoms with Crippen LogP contribution in [0.5, 0.6) is 0 Å². The molecule has 2 aliphatic rings. The van der Waals surface area contributed by atoms with Crippen LogP contribution in [0.15, 0.2) is 17.8 Å². The molecule has 0 radical (unpaired) electrons. The topological polar surface area (TPSA) is 207 Å². The second-order valence-electron chi connectivity index (χ2n) is 6.37. The van der Waals surface area contributed by atoms with E-state index in [0.717, 1.165) is 0 Å². The van der Waals surface area contributed by atoms with E-state index < -0.39 is 74.6 Å². The van der Waals surface area contributed by atoms with E-state index in [1.807, 2.05) is 0 Å². The van der Waals surface area contributed by atoms with E-state index in [1.54, 1.807) is 0 Å². The monoisotopic (exact) mass is 407 g/mol. The number of rotatable bonds is 8. The van der Waals surface area contributed by atoms with E-state index in [4.69, 9.17) is 24.5 Å². The minimum Gasteiger partial charge on any atom is -0.394 e. The van der Waals surface area contributed by atoms with Gasteiger partial charge in [0.15, 0.2) is 12.6 Å². The molecule has 0 aliphatic carbocycles. The van der Waals surface area contributed by atoms with Crippen LogP contribution in [-0.4, -0.2) is 112 Å². The highest BCUT2D eigenvalue weighted by Gasteiger charge is 2.47. The van der Waals surface area contributed by atoms with Crippen LogP contribution >= 0.6 is 0 Å². The first-order valence-corrected chi connectivity index (χ1v) is 8.56. The van der Waals surface area contributed by atoms with Gasteiger partial charge in [0.25, 0.3) is 0 Å². The van der Waals surface area contributed by atoms with Crippen molar-refractivity contribution in [2.45, 2.75) is 61.3 Å². The van der Waals surface area contributed by atoms with Gasteiger partial charge in [-0.25, -0.2) is 0 Å². The summed E-state index contributed by atoms with van der Waals surface area (Å²) in [6.07, 6.45) is -11.4. The van der Waals surface area contributed by atoms with Crippen molar-refractivity contribution >= 4 is 0 Å². The van der Waals surface area contributed by atoms with Crippen molar-refractivity contribution in [3.63, 3.8) is 0 Å². The van der Waals surface area contributed by atoms with Gasteiger partial charge in [-0.3, -0.25) is 0 Å². The molecule has 2 saturated heterocycles. The molecule has 2 fully saturated rings. The fourth-order valence-corrected chi connectivity index (χ4v) is 2.93. The van der Waals surface area contributed by atoms with Crippen molar-refractivity contribution in [3.05, 3.63) is 23.1 Å². The van der Waals surface area contributed by atoms with E-state index >= 15 is 0 Å². The van der Waals surface area contributed by atoms with E-state index in [-0.39, 0.29) is 6.61 Å². The van der Waals surface area contributed by atoms with Crippen LogP contribution in [0.25, 0.3) is 10.4 Å². The Morgan fingerprint density at radius 2 is 1.57 bits per heavy atom. The molecule has 13 nitrogen and oxygen atoms in total. The molecular weight excluding hydrogens is 382 g/mol. The number of hydrogen-bond donors (Lipinski definition) is 6. The largest absolute Gasteiger partial charge is 0.394 e. The van der Waals surface area contributed by atoms with Crippen molar-refractivity contribution in [3.8, 4) is 0 Å². The van der Waals surface area contributed by atoms with Gasteiger partial charge >= 0.3 is 0 Å². The first kappa shape index (κ1) is 22.9. The van der Waals surface area contributed by atoms with Crippen molar-refractivity contribution in [1.82, 2.24) is 0 Å². The van der Waals surface area contributed by atoms with Gasteiger partial charge in [0, 0.05) is 4.91 Å². The van der Waals surface area contributed by atoms with Gasteiger partial charge in [-0.2, -0.15) is 0 Å². The van der Waals surface area contributed by atoms with E-state index in [9.17, 15) is 30.6 Å². The molecule has 0 amide bonds. The molecule has 2 heterocycles. The van der Waals surface area contributed by atoms with Crippen LogP contribution in [-0.2, 0) is 18.9 Å². The van der Waals surface area contributed by atoms with Gasteiger partial charge in [0.1, 0.15) is 42.7 Å². The Balaban J connectivity index is 2.03. The SMILES string of the molecule is C=CCO[C@@H]1O[C@H](CO[C@@H]2O[C@H](CO)[C@H](O)[C@H](O)[C@H]2O)[C@H](O)[C@H](O)[C@H]1N=[N+]=[N-]. The Morgan fingerprint density at radius 3 is 2.18 bits per heavy atom. The average Bonchev–Trinajstić information content (AvgIpc) is 2.69. The standard InChI is InChI=1S/C15H25N3O10/c1-2-3-25-14-8(17-18-16)11(22)10(21)7(28-14)5-26-15-13(24)12(23)9(20)6(4-19)27-15/h2,6-15,19-24H,1,3-5H2/t6-,7-,8-,9+,10+,11-,12+,13-,14-,15-/m1/s1. The van der Waals surface area contributed by atoms with Crippen molar-refractivity contribution in [2.24, 2.45) is 5.11 Å². The maximum absolute atomic E-state index is 10.2. The molecule has 0 saturated carbocycles. The average molecular weight is 407 g/mol. The third-order valence-electron chi connectivity index (χ3n) is 4.51. The third kappa shape index (κ3) is 4.97. The molecule has 28 heavy (non-hydrogen) atoms. The maximum atomic E-state index is 10.2. The molecule has 0 aromatic carbocycles. The molecule has 0 bridgehead atoms. The van der Waals surface area contributed by atoms with Crippen LogP contribution in [0.1, 0.15) is 0 Å². The first-order chi connectivity index (χ1) is 13.3. The lowest BCUT2D eigenvalue weighted by Gasteiger charge is -2.42. The van der Waals surface area contributed by atoms with Crippen molar-refractivity contribution < 1.29 is 49.6 Å². The number of azide groups is 1. The fourth-order valence-electron chi connectivity index (χ4n) is 2.93. The smallest absolute Gasteiger partial charge is 0.186 e. The van der Waals surface area contributed by atoms with E-state index in [0.29, 0.717) is 0 Å². The second kappa shape index (κ2) is 10.4. The quantitative estimate of drug-likeness (QED) is 0.105. The van der Waals surface area contributed by atoms with Crippen LogP contribution in [0.4, 0.5) is 0 Å². The van der Waals surface area contributed by atoms with Gasteiger partial charge < -0.3 is 49.6 Å². The Kier molecular flexibility index (Phi) is 8.55. The molecule has 160 valence electrons. The summed E-state index contributed by atoms with van der Waals surface area (Å²) in [5.41, 5.74) is 8.63. The summed E-state index contributed by atoms with van der Waals surface area (Å²) >= 11 is 0. The molecule has 0 aromatic heterocycles. The Morgan fingerprint density at radius 1 is 0.929 bits per heavy atom. The van der Waals surface area contributed by atoms with Crippen LogP contribution in [0.3, 0.4) is 0 Å². The molecule has 10 atom stereocenters. The van der Waals surface area contributed by atoms with Gasteiger partial charge in [-0.1, -0.05) is 11.2 Å². The lowest BCUT2D eigenvalue weighted by Crippen LogP contribution is -2.61. The first-order valence-electron chi connectivity index (χ1n) is 8.56. The van der Waals surface area contributed by atoms with Gasteiger partial charge in [-0.05, 0) is 5.53 Å². The zero-order chi connectivity index (χ0) is 20.8. The van der Waals surface area contributed by atoms with Gasteiger partial charge in [0.05, 0.1) is 25.9 Å². The highest BCUT2D eigenvalue weighted by Crippen LogP contribution is 2.27. The van der Waals surface area contributed by atoms with E-state index in [2.05, 4.69) is 16.6 Å². The predicted molar refractivity (Wildman–Crippen MR) is 89.5 cm³/mol. The lowest BCUT2D eigenvalue weighted by molar-refractivity contribution is -0.319. The molecule has 0 unspecified atom stereocenters. The molecule has 13 heteroatoms. The summed E-state index contributed by atoms with van der Waals surface area (Å²) in [6.45, 7) is 2.45. The molecule has 2 rings (SSSR count). The predicted octanol–water partition coefficient (Wildman–Crippen LogP) is -2.87. The third-order valence-corrected chi connectivity index (χ3v) is 4.51. The Hall–Kier alpha value is -1.35. The van der Waals surface area contributed by atoms with Gasteiger partial charge in [-0.15, -0.1) is 6.58 Å². The molecular formula is C15H25N3O10.